The first-order valence-corrected chi connectivity index (χ1v) is 6.73. The number of likely N-dealkylation sites (N-methyl/N-ethyl adjacent to an activating group) is 1. The van der Waals surface area contributed by atoms with Crippen LogP contribution in [0.1, 0.15) is 33.6 Å². The van der Waals surface area contributed by atoms with Crippen LogP contribution in [-0.4, -0.2) is 37.6 Å². The minimum absolute atomic E-state index is 0.854. The number of hydrogen-bond donors (Lipinski definition) is 1. The minimum atomic E-state index is 0.854. The molecule has 0 atom stereocenters. The van der Waals surface area contributed by atoms with Gasteiger partial charge >= 0.3 is 0 Å². The number of hydrogen-bond acceptors (Lipinski definition) is 2. The second-order valence-corrected chi connectivity index (χ2v) is 5.39. The molecule has 0 unspecified atom stereocenters. The molecule has 1 heterocycles. The van der Waals surface area contributed by atoms with Gasteiger partial charge in [0.05, 0.1) is 0 Å². The molecule has 0 radical (unpaired) electrons. The quantitative estimate of drug-likeness (QED) is 0.697. The van der Waals surface area contributed by atoms with Crippen LogP contribution in [0.2, 0.25) is 0 Å². The Kier molecular flexibility index (Phi) is 6.07. The molecule has 0 amide bonds. The third-order valence-electron chi connectivity index (χ3n) is 3.65. The number of nitrogens with one attached hydrogen (secondary N) is 1. The monoisotopic (exact) mass is 224 g/mol. The van der Waals surface area contributed by atoms with Gasteiger partial charge in [-0.05, 0) is 49.9 Å². The summed E-state index contributed by atoms with van der Waals surface area (Å²) in [6, 6.07) is 0. The van der Waals surface area contributed by atoms with Crippen molar-refractivity contribution in [3.05, 3.63) is 12.2 Å². The fraction of sp³-hybridized carbons (Fsp3) is 0.857. The standard InChI is InChI=1S/C14H28N2/c1-5-15-10-13(4)11-16-8-6-14(7-9-16)12(2)3/h12,14-15H,4-11H2,1-3H3. The number of rotatable bonds is 6. The second-order valence-electron chi connectivity index (χ2n) is 5.39. The zero-order chi connectivity index (χ0) is 12.0. The highest BCUT2D eigenvalue weighted by molar-refractivity contribution is 5.00. The summed E-state index contributed by atoms with van der Waals surface area (Å²) in [6.07, 6.45) is 2.73. The van der Waals surface area contributed by atoms with Gasteiger partial charge in [-0.3, -0.25) is 4.90 Å². The summed E-state index contributed by atoms with van der Waals surface area (Å²) in [5, 5.41) is 3.34. The summed E-state index contributed by atoms with van der Waals surface area (Å²) in [7, 11) is 0. The molecule has 0 aromatic rings. The molecule has 1 aliphatic rings. The summed E-state index contributed by atoms with van der Waals surface area (Å²) in [6.45, 7) is 16.6. The molecule has 0 saturated carbocycles. The van der Waals surface area contributed by atoms with E-state index in [1.54, 1.807) is 0 Å². The fourth-order valence-electron chi connectivity index (χ4n) is 2.45. The maximum Gasteiger partial charge on any atom is 0.0202 e. The van der Waals surface area contributed by atoms with Crippen molar-refractivity contribution in [2.75, 3.05) is 32.7 Å². The predicted molar refractivity (Wildman–Crippen MR) is 71.7 cm³/mol. The van der Waals surface area contributed by atoms with Crippen molar-refractivity contribution in [3.63, 3.8) is 0 Å². The summed E-state index contributed by atoms with van der Waals surface area (Å²) in [5.41, 5.74) is 1.32. The van der Waals surface area contributed by atoms with Crippen molar-refractivity contribution >= 4 is 0 Å². The summed E-state index contributed by atoms with van der Waals surface area (Å²) in [4.78, 5) is 2.55. The van der Waals surface area contributed by atoms with E-state index in [1.165, 1.54) is 31.5 Å². The van der Waals surface area contributed by atoms with E-state index >= 15 is 0 Å². The predicted octanol–water partition coefficient (Wildman–Crippen LogP) is 2.52. The lowest BCUT2D eigenvalue weighted by molar-refractivity contribution is 0.167. The maximum absolute atomic E-state index is 4.14. The highest BCUT2D eigenvalue weighted by Crippen LogP contribution is 2.24. The van der Waals surface area contributed by atoms with E-state index < -0.39 is 0 Å². The number of likely N-dealkylation sites (tertiary alicyclic amines) is 1. The van der Waals surface area contributed by atoms with Crippen molar-refractivity contribution in [1.29, 1.82) is 0 Å². The second kappa shape index (κ2) is 7.08. The molecule has 0 bridgehead atoms. The molecule has 1 fully saturated rings. The van der Waals surface area contributed by atoms with E-state index in [0.717, 1.165) is 31.5 Å². The average Bonchev–Trinajstić information content (AvgIpc) is 2.27. The molecule has 2 nitrogen and oxygen atoms in total. The lowest BCUT2D eigenvalue weighted by atomic mass is 9.86. The highest BCUT2D eigenvalue weighted by Gasteiger charge is 2.21. The molecular weight excluding hydrogens is 196 g/mol. The van der Waals surface area contributed by atoms with Crippen LogP contribution >= 0.6 is 0 Å². The third-order valence-corrected chi connectivity index (χ3v) is 3.65. The Bertz CT molecular complexity index is 203. The third kappa shape index (κ3) is 4.67. The zero-order valence-corrected chi connectivity index (χ0v) is 11.3. The van der Waals surface area contributed by atoms with Crippen LogP contribution in [-0.2, 0) is 0 Å². The van der Waals surface area contributed by atoms with Gasteiger partial charge in [0.1, 0.15) is 0 Å². The van der Waals surface area contributed by atoms with Crippen LogP contribution in [0, 0.1) is 11.8 Å². The Labute approximate surface area is 101 Å². The molecule has 16 heavy (non-hydrogen) atoms. The van der Waals surface area contributed by atoms with Crippen LogP contribution in [0.3, 0.4) is 0 Å². The van der Waals surface area contributed by atoms with Gasteiger partial charge in [-0.2, -0.15) is 0 Å². The van der Waals surface area contributed by atoms with E-state index in [9.17, 15) is 0 Å². The van der Waals surface area contributed by atoms with Gasteiger partial charge in [0.2, 0.25) is 0 Å². The molecule has 0 aromatic heterocycles. The van der Waals surface area contributed by atoms with Crippen LogP contribution in [0.5, 0.6) is 0 Å². The van der Waals surface area contributed by atoms with Crippen LogP contribution in [0.15, 0.2) is 12.2 Å². The van der Waals surface area contributed by atoms with E-state index in [0.29, 0.717) is 0 Å². The first kappa shape index (κ1) is 13.7. The van der Waals surface area contributed by atoms with Gasteiger partial charge < -0.3 is 5.32 Å². The van der Waals surface area contributed by atoms with Gasteiger partial charge in [-0.15, -0.1) is 0 Å². The number of piperidine rings is 1. The first-order chi connectivity index (χ1) is 7.63. The summed E-state index contributed by atoms with van der Waals surface area (Å²) in [5.74, 6) is 1.80. The largest absolute Gasteiger partial charge is 0.313 e. The van der Waals surface area contributed by atoms with E-state index in [4.69, 9.17) is 0 Å². The van der Waals surface area contributed by atoms with Crippen molar-refractivity contribution in [1.82, 2.24) is 10.2 Å². The molecule has 0 spiro atoms. The number of nitrogens with zero attached hydrogens (tertiary/aromatic N) is 1. The van der Waals surface area contributed by atoms with Gasteiger partial charge in [0.25, 0.3) is 0 Å². The first-order valence-electron chi connectivity index (χ1n) is 6.73. The Morgan fingerprint density at radius 1 is 1.38 bits per heavy atom. The topological polar surface area (TPSA) is 15.3 Å². The smallest absolute Gasteiger partial charge is 0.0202 e. The molecule has 1 aliphatic heterocycles. The van der Waals surface area contributed by atoms with Crippen LogP contribution in [0.25, 0.3) is 0 Å². The lowest BCUT2D eigenvalue weighted by Gasteiger charge is -2.34. The molecular formula is C14H28N2. The van der Waals surface area contributed by atoms with Crippen molar-refractivity contribution in [2.45, 2.75) is 33.6 Å². The fourth-order valence-corrected chi connectivity index (χ4v) is 2.45. The Hall–Kier alpha value is -0.340. The minimum Gasteiger partial charge on any atom is -0.313 e. The van der Waals surface area contributed by atoms with Crippen LogP contribution in [0.4, 0.5) is 0 Å². The zero-order valence-electron chi connectivity index (χ0n) is 11.3. The summed E-state index contributed by atoms with van der Waals surface area (Å²) < 4.78 is 0. The van der Waals surface area contributed by atoms with Crippen molar-refractivity contribution in [3.8, 4) is 0 Å². The molecule has 94 valence electrons. The van der Waals surface area contributed by atoms with Crippen LogP contribution < -0.4 is 5.32 Å². The van der Waals surface area contributed by atoms with E-state index in [2.05, 4.69) is 37.6 Å². The molecule has 1 rings (SSSR count). The SMILES string of the molecule is C=C(CNCC)CN1CCC(C(C)C)CC1. The highest BCUT2D eigenvalue weighted by atomic mass is 15.1. The van der Waals surface area contributed by atoms with Gasteiger partial charge in [-0.25, -0.2) is 0 Å². The normalized spacial score (nSPS) is 19.2. The van der Waals surface area contributed by atoms with Crippen molar-refractivity contribution in [2.24, 2.45) is 11.8 Å². The van der Waals surface area contributed by atoms with Crippen molar-refractivity contribution < 1.29 is 0 Å². The van der Waals surface area contributed by atoms with E-state index in [-0.39, 0.29) is 0 Å². The molecule has 1 N–H and O–H groups in total. The molecule has 1 saturated heterocycles. The van der Waals surface area contributed by atoms with Gasteiger partial charge in [-0.1, -0.05) is 27.4 Å². The Morgan fingerprint density at radius 2 is 2.00 bits per heavy atom. The average molecular weight is 224 g/mol. The van der Waals surface area contributed by atoms with Gasteiger partial charge in [0.15, 0.2) is 0 Å². The Morgan fingerprint density at radius 3 is 2.50 bits per heavy atom. The molecule has 0 aromatic carbocycles. The van der Waals surface area contributed by atoms with E-state index in [1.807, 2.05) is 0 Å². The maximum atomic E-state index is 4.14. The molecule has 0 aliphatic carbocycles. The Balaban J connectivity index is 2.19. The summed E-state index contributed by atoms with van der Waals surface area (Å²) >= 11 is 0. The lowest BCUT2D eigenvalue weighted by Crippen LogP contribution is -2.37. The van der Waals surface area contributed by atoms with Gasteiger partial charge in [0, 0.05) is 13.1 Å². The molecule has 2 heteroatoms.